The van der Waals surface area contributed by atoms with Gasteiger partial charge in [-0.2, -0.15) is 35.1 Å². The molecule has 0 radical (unpaired) electrons. The molecule has 1 saturated heterocycles. The van der Waals surface area contributed by atoms with Gasteiger partial charge in [-0.3, -0.25) is 4.90 Å². The van der Waals surface area contributed by atoms with Crippen LogP contribution in [0.15, 0.2) is 11.9 Å². The Morgan fingerprint density at radius 3 is 1.65 bits per heavy atom. The molecule has 0 aliphatic carbocycles. The van der Waals surface area contributed by atoms with Gasteiger partial charge in [0.25, 0.3) is 0 Å². The van der Waals surface area contributed by atoms with Gasteiger partial charge in [-0.05, 0) is 0 Å². The lowest BCUT2D eigenvalue weighted by Gasteiger charge is -2.39. The molecule has 0 saturated carbocycles. The minimum Gasteiger partial charge on any atom is -0.351 e. The third kappa shape index (κ3) is 3.87. The summed E-state index contributed by atoms with van der Waals surface area (Å²) in [6.07, 6.45) is -12.3. The van der Waals surface area contributed by atoms with Crippen molar-refractivity contribution in [2.24, 2.45) is 0 Å². The van der Waals surface area contributed by atoms with Gasteiger partial charge in [0.05, 0.1) is 0 Å². The maximum absolute atomic E-state index is 12.7. The normalized spacial score (nSPS) is 18.1. The van der Waals surface area contributed by atoms with Crippen LogP contribution in [0.1, 0.15) is 0 Å². The number of alkyl halides is 6. The van der Waals surface area contributed by atoms with E-state index in [9.17, 15) is 35.1 Å². The van der Waals surface area contributed by atoms with Crippen LogP contribution in [0, 0.1) is 0 Å². The zero-order chi connectivity index (χ0) is 15.7. The van der Waals surface area contributed by atoms with E-state index in [1.54, 1.807) is 0 Å². The molecule has 1 aliphatic rings. The second kappa shape index (κ2) is 5.62. The molecule has 0 spiro atoms. The lowest BCUT2D eigenvalue weighted by molar-refractivity contribution is -0.256. The molecular formula is C9H11F8N3. The van der Waals surface area contributed by atoms with Gasteiger partial charge in [0.15, 0.2) is 5.82 Å². The van der Waals surface area contributed by atoms with Crippen LogP contribution in [0.2, 0.25) is 0 Å². The Kier molecular flexibility index (Phi) is 4.72. The minimum absolute atomic E-state index is 0.0604. The molecule has 1 aliphatic heterocycles. The number of hydrogen-bond acceptors (Lipinski definition) is 3. The van der Waals surface area contributed by atoms with Gasteiger partial charge < -0.3 is 4.90 Å². The Bertz CT molecular complexity index is 362. The van der Waals surface area contributed by atoms with E-state index in [1.165, 1.54) is 0 Å². The summed E-state index contributed by atoms with van der Waals surface area (Å²) in [5, 5.41) is 0. The molecule has 20 heavy (non-hydrogen) atoms. The highest BCUT2D eigenvalue weighted by Crippen LogP contribution is 2.30. The van der Waals surface area contributed by atoms with Crippen molar-refractivity contribution in [2.45, 2.75) is 12.6 Å². The standard InChI is InChI=1S/C9H11F8N3/c1-18(8(12,13)14)7(6(10)11)19-2-4-20(5-3-19)9(15,16)17/h2-5H2,1H3. The van der Waals surface area contributed by atoms with Crippen molar-refractivity contribution in [1.29, 1.82) is 0 Å². The Balaban J connectivity index is 2.82. The Morgan fingerprint density at radius 2 is 1.35 bits per heavy atom. The van der Waals surface area contributed by atoms with Crippen LogP contribution in [0.3, 0.4) is 0 Å². The average molecular weight is 313 g/mol. The van der Waals surface area contributed by atoms with Crippen molar-refractivity contribution in [1.82, 2.24) is 14.7 Å². The molecule has 1 heterocycles. The van der Waals surface area contributed by atoms with E-state index in [1.807, 2.05) is 0 Å². The molecule has 11 heteroatoms. The highest BCUT2D eigenvalue weighted by molar-refractivity contribution is 5.03. The maximum atomic E-state index is 12.7. The van der Waals surface area contributed by atoms with Crippen molar-refractivity contribution in [2.75, 3.05) is 33.2 Å². The van der Waals surface area contributed by atoms with Gasteiger partial charge in [-0.1, -0.05) is 0 Å². The van der Waals surface area contributed by atoms with Crippen molar-refractivity contribution in [3.63, 3.8) is 0 Å². The monoisotopic (exact) mass is 313 g/mol. The lowest BCUT2D eigenvalue weighted by Crippen LogP contribution is -2.54. The second-order valence-electron chi connectivity index (χ2n) is 4.05. The first-order valence-corrected chi connectivity index (χ1v) is 5.37. The third-order valence-corrected chi connectivity index (χ3v) is 2.80. The van der Waals surface area contributed by atoms with Gasteiger partial charge in [0.2, 0.25) is 0 Å². The number of rotatable bonds is 2. The van der Waals surface area contributed by atoms with E-state index in [0.717, 1.165) is 0 Å². The molecular weight excluding hydrogens is 302 g/mol. The van der Waals surface area contributed by atoms with Gasteiger partial charge >= 0.3 is 18.7 Å². The fourth-order valence-corrected chi connectivity index (χ4v) is 1.75. The minimum atomic E-state index is -5.04. The van der Waals surface area contributed by atoms with Crippen LogP contribution in [0.25, 0.3) is 0 Å². The largest absolute Gasteiger partial charge is 0.485 e. The van der Waals surface area contributed by atoms with E-state index < -0.39 is 55.6 Å². The van der Waals surface area contributed by atoms with Crippen LogP contribution in [-0.4, -0.2) is 60.5 Å². The zero-order valence-corrected chi connectivity index (χ0v) is 10.2. The molecule has 0 bridgehead atoms. The maximum Gasteiger partial charge on any atom is 0.485 e. The molecule has 0 unspecified atom stereocenters. The van der Waals surface area contributed by atoms with E-state index in [-0.39, 0.29) is 4.90 Å². The SMILES string of the molecule is CN(C(=C(F)F)N1CCN(C(F)(F)F)CC1)C(F)(F)F. The van der Waals surface area contributed by atoms with Crippen LogP contribution in [-0.2, 0) is 0 Å². The molecule has 0 aromatic carbocycles. The fraction of sp³-hybridized carbons (Fsp3) is 0.778. The first-order chi connectivity index (χ1) is 8.94. The van der Waals surface area contributed by atoms with Gasteiger partial charge in [-0.25, -0.2) is 4.90 Å². The summed E-state index contributed by atoms with van der Waals surface area (Å²) in [5.41, 5.74) is 0. The Morgan fingerprint density at radius 1 is 0.900 bits per heavy atom. The Hall–Kier alpha value is -1.26. The van der Waals surface area contributed by atoms with E-state index in [4.69, 9.17) is 0 Å². The average Bonchev–Trinajstić information content (AvgIpc) is 2.26. The first-order valence-electron chi connectivity index (χ1n) is 5.37. The summed E-state index contributed by atoms with van der Waals surface area (Å²) >= 11 is 0. The van der Waals surface area contributed by atoms with Gasteiger partial charge in [0.1, 0.15) is 0 Å². The summed E-state index contributed by atoms with van der Waals surface area (Å²) in [7, 11) is 0.393. The Labute approximate surface area is 109 Å². The topological polar surface area (TPSA) is 9.72 Å². The third-order valence-electron chi connectivity index (χ3n) is 2.80. The first kappa shape index (κ1) is 16.8. The molecule has 1 fully saturated rings. The van der Waals surface area contributed by atoms with E-state index in [2.05, 4.69) is 0 Å². The van der Waals surface area contributed by atoms with Crippen molar-refractivity contribution in [3.8, 4) is 0 Å². The predicted octanol–water partition coefficient (Wildman–Crippen LogP) is 2.64. The number of halogens is 8. The van der Waals surface area contributed by atoms with Gasteiger partial charge in [-0.15, -0.1) is 0 Å². The smallest absolute Gasteiger partial charge is 0.351 e. The summed E-state index contributed by atoms with van der Waals surface area (Å²) < 4.78 is 99.6. The molecule has 118 valence electrons. The van der Waals surface area contributed by atoms with Crippen LogP contribution in [0.5, 0.6) is 0 Å². The highest BCUT2D eigenvalue weighted by Gasteiger charge is 2.43. The molecule has 3 nitrogen and oxygen atoms in total. The van der Waals surface area contributed by atoms with Crippen molar-refractivity contribution < 1.29 is 35.1 Å². The van der Waals surface area contributed by atoms with Crippen LogP contribution < -0.4 is 0 Å². The van der Waals surface area contributed by atoms with Crippen molar-refractivity contribution >= 4 is 0 Å². The van der Waals surface area contributed by atoms with Crippen LogP contribution >= 0.6 is 0 Å². The predicted molar refractivity (Wildman–Crippen MR) is 52.3 cm³/mol. The number of piperazine rings is 1. The molecule has 0 aromatic rings. The molecule has 0 aromatic heterocycles. The molecule has 0 N–H and O–H groups in total. The van der Waals surface area contributed by atoms with Gasteiger partial charge in [0, 0.05) is 33.2 Å². The van der Waals surface area contributed by atoms with E-state index >= 15 is 0 Å². The van der Waals surface area contributed by atoms with E-state index in [0.29, 0.717) is 11.9 Å². The second-order valence-corrected chi connectivity index (χ2v) is 4.05. The fourth-order valence-electron chi connectivity index (χ4n) is 1.75. The zero-order valence-electron chi connectivity index (χ0n) is 10.2. The lowest BCUT2D eigenvalue weighted by atomic mass is 10.3. The summed E-state index contributed by atoms with van der Waals surface area (Å²) in [6.45, 7) is -2.50. The van der Waals surface area contributed by atoms with Crippen molar-refractivity contribution in [3.05, 3.63) is 11.9 Å². The quantitative estimate of drug-likeness (QED) is 0.573. The number of nitrogens with zero attached hydrogens (tertiary/aromatic N) is 3. The molecule has 1 rings (SSSR count). The summed E-state index contributed by atoms with van der Waals surface area (Å²) in [4.78, 5) is 0.0431. The highest BCUT2D eigenvalue weighted by atomic mass is 19.4. The number of hydrogen-bond donors (Lipinski definition) is 0. The van der Waals surface area contributed by atoms with Crippen LogP contribution in [0.4, 0.5) is 35.1 Å². The summed E-state index contributed by atoms with van der Waals surface area (Å²) in [5.74, 6) is -1.42. The molecule has 0 amide bonds. The molecule has 0 atom stereocenters. The summed E-state index contributed by atoms with van der Waals surface area (Å²) in [6, 6.07) is 0.